The van der Waals surface area contributed by atoms with Crippen molar-refractivity contribution in [1.29, 1.82) is 0 Å². The van der Waals surface area contributed by atoms with Crippen molar-refractivity contribution in [3.8, 4) is 0 Å². The molecule has 1 heterocycles. The highest BCUT2D eigenvalue weighted by molar-refractivity contribution is 5.21. The molecule has 0 amide bonds. The molecular formula is C12H12F2N4. The third kappa shape index (κ3) is 2.66. The molecule has 0 aliphatic carbocycles. The van der Waals surface area contributed by atoms with E-state index in [1.807, 2.05) is 0 Å². The molecule has 6 heteroatoms. The minimum absolute atomic E-state index is 0.205. The van der Waals surface area contributed by atoms with Crippen molar-refractivity contribution in [2.75, 3.05) is 0 Å². The lowest BCUT2D eigenvalue weighted by Gasteiger charge is -2.15. The molecule has 0 aliphatic heterocycles. The predicted molar refractivity (Wildman–Crippen MR) is 62.2 cm³/mol. The average Bonchev–Trinajstić information content (AvgIpc) is 2.41. The predicted octanol–water partition coefficient (Wildman–Crippen LogP) is 1.50. The number of benzene rings is 1. The van der Waals surface area contributed by atoms with Gasteiger partial charge in [0.05, 0.1) is 11.7 Å². The molecule has 0 spiro atoms. The van der Waals surface area contributed by atoms with E-state index in [4.69, 9.17) is 5.84 Å². The molecule has 1 unspecified atom stereocenters. The standard InChI is InChI=1S/C12H12F2N4/c13-9-3-1-2-8(12(9)14)6-11(18-15)10-4-5-16-7-17-10/h1-5,7,11,18H,6,15H2. The van der Waals surface area contributed by atoms with Gasteiger partial charge in [-0.25, -0.2) is 18.7 Å². The Balaban J connectivity index is 2.24. The minimum Gasteiger partial charge on any atom is -0.271 e. The van der Waals surface area contributed by atoms with Crippen molar-refractivity contribution in [3.05, 3.63) is 59.7 Å². The average molecular weight is 250 g/mol. The number of hydrogen-bond donors (Lipinski definition) is 2. The summed E-state index contributed by atoms with van der Waals surface area (Å²) in [5.74, 6) is 3.69. The molecule has 4 nitrogen and oxygen atoms in total. The van der Waals surface area contributed by atoms with Crippen molar-refractivity contribution in [2.24, 2.45) is 5.84 Å². The fourth-order valence-corrected chi connectivity index (χ4v) is 1.68. The number of nitrogens with zero attached hydrogens (tertiary/aromatic N) is 2. The molecular weight excluding hydrogens is 238 g/mol. The Morgan fingerprint density at radius 3 is 2.78 bits per heavy atom. The van der Waals surface area contributed by atoms with Crippen LogP contribution < -0.4 is 11.3 Å². The van der Waals surface area contributed by atoms with E-state index in [-0.39, 0.29) is 12.0 Å². The number of rotatable bonds is 4. The lowest BCUT2D eigenvalue weighted by atomic mass is 10.0. The van der Waals surface area contributed by atoms with Gasteiger partial charge in [-0.3, -0.25) is 11.3 Å². The van der Waals surface area contributed by atoms with Gasteiger partial charge in [0.2, 0.25) is 0 Å². The van der Waals surface area contributed by atoms with Gasteiger partial charge in [-0.05, 0) is 24.1 Å². The maximum atomic E-state index is 13.5. The zero-order valence-electron chi connectivity index (χ0n) is 9.48. The molecule has 0 saturated carbocycles. The van der Waals surface area contributed by atoms with Gasteiger partial charge in [0.15, 0.2) is 11.6 Å². The summed E-state index contributed by atoms with van der Waals surface area (Å²) >= 11 is 0. The molecule has 18 heavy (non-hydrogen) atoms. The molecule has 0 aliphatic rings. The van der Waals surface area contributed by atoms with Crippen LogP contribution in [0.15, 0.2) is 36.8 Å². The molecule has 1 aromatic carbocycles. The minimum atomic E-state index is -0.869. The van der Waals surface area contributed by atoms with E-state index in [9.17, 15) is 8.78 Å². The van der Waals surface area contributed by atoms with Gasteiger partial charge in [-0.2, -0.15) is 0 Å². The van der Waals surface area contributed by atoms with Crippen LogP contribution >= 0.6 is 0 Å². The molecule has 0 fully saturated rings. The quantitative estimate of drug-likeness (QED) is 0.637. The summed E-state index contributed by atoms with van der Waals surface area (Å²) < 4.78 is 26.6. The van der Waals surface area contributed by atoms with Crippen molar-refractivity contribution in [3.63, 3.8) is 0 Å². The Hall–Kier alpha value is -1.92. The molecule has 0 saturated heterocycles. The Morgan fingerprint density at radius 2 is 2.11 bits per heavy atom. The monoisotopic (exact) mass is 250 g/mol. The highest BCUT2D eigenvalue weighted by atomic mass is 19.2. The van der Waals surface area contributed by atoms with Crippen molar-refractivity contribution >= 4 is 0 Å². The van der Waals surface area contributed by atoms with Gasteiger partial charge in [-0.15, -0.1) is 0 Å². The van der Waals surface area contributed by atoms with Gasteiger partial charge in [-0.1, -0.05) is 12.1 Å². The third-order valence-corrected chi connectivity index (χ3v) is 2.62. The highest BCUT2D eigenvalue weighted by Crippen LogP contribution is 2.19. The van der Waals surface area contributed by atoms with Crippen molar-refractivity contribution in [2.45, 2.75) is 12.5 Å². The van der Waals surface area contributed by atoms with Gasteiger partial charge in [0, 0.05) is 6.20 Å². The van der Waals surface area contributed by atoms with Crippen molar-refractivity contribution < 1.29 is 8.78 Å². The summed E-state index contributed by atoms with van der Waals surface area (Å²) in [7, 11) is 0. The van der Waals surface area contributed by atoms with Gasteiger partial charge < -0.3 is 0 Å². The van der Waals surface area contributed by atoms with Crippen LogP contribution in [-0.2, 0) is 6.42 Å². The fraction of sp³-hybridized carbons (Fsp3) is 0.167. The lowest BCUT2D eigenvalue weighted by Crippen LogP contribution is -2.30. The van der Waals surface area contributed by atoms with Crippen LogP contribution in [0.1, 0.15) is 17.3 Å². The van der Waals surface area contributed by atoms with E-state index >= 15 is 0 Å². The Morgan fingerprint density at radius 1 is 1.28 bits per heavy atom. The van der Waals surface area contributed by atoms with E-state index in [0.29, 0.717) is 5.69 Å². The molecule has 94 valence electrons. The van der Waals surface area contributed by atoms with Crippen LogP contribution in [0.5, 0.6) is 0 Å². The van der Waals surface area contributed by atoms with Gasteiger partial charge in [0.25, 0.3) is 0 Å². The molecule has 1 aromatic heterocycles. The summed E-state index contributed by atoms with van der Waals surface area (Å²) in [5, 5.41) is 0. The Bertz CT molecular complexity index is 519. The fourth-order valence-electron chi connectivity index (χ4n) is 1.68. The van der Waals surface area contributed by atoms with Crippen LogP contribution in [0.2, 0.25) is 0 Å². The van der Waals surface area contributed by atoms with Crippen LogP contribution in [0, 0.1) is 11.6 Å². The van der Waals surface area contributed by atoms with E-state index in [1.165, 1.54) is 18.5 Å². The Labute approximate surface area is 103 Å². The first-order valence-corrected chi connectivity index (χ1v) is 5.37. The number of nitrogens with two attached hydrogens (primary N) is 1. The van der Waals surface area contributed by atoms with Crippen LogP contribution in [0.3, 0.4) is 0 Å². The number of halogens is 2. The zero-order valence-corrected chi connectivity index (χ0v) is 9.48. The largest absolute Gasteiger partial charge is 0.271 e. The van der Waals surface area contributed by atoms with Crippen LogP contribution in [0.25, 0.3) is 0 Å². The molecule has 3 N–H and O–H groups in total. The zero-order chi connectivity index (χ0) is 13.0. The number of aromatic nitrogens is 2. The van der Waals surface area contributed by atoms with Gasteiger partial charge in [0.1, 0.15) is 6.33 Å². The molecule has 2 rings (SSSR count). The summed E-state index contributed by atoms with van der Waals surface area (Å²) in [4.78, 5) is 7.82. The second-order valence-electron chi connectivity index (χ2n) is 3.77. The molecule has 2 aromatic rings. The van der Waals surface area contributed by atoms with Crippen LogP contribution in [-0.4, -0.2) is 9.97 Å². The third-order valence-electron chi connectivity index (χ3n) is 2.62. The van der Waals surface area contributed by atoms with Gasteiger partial charge >= 0.3 is 0 Å². The van der Waals surface area contributed by atoms with Crippen LogP contribution in [0.4, 0.5) is 8.78 Å². The first-order chi connectivity index (χ1) is 8.72. The lowest BCUT2D eigenvalue weighted by molar-refractivity contribution is 0.478. The van der Waals surface area contributed by atoms with E-state index in [0.717, 1.165) is 6.07 Å². The van der Waals surface area contributed by atoms with E-state index < -0.39 is 17.7 Å². The van der Waals surface area contributed by atoms with E-state index in [1.54, 1.807) is 12.3 Å². The SMILES string of the molecule is NNC(Cc1cccc(F)c1F)c1ccncn1. The second-order valence-corrected chi connectivity index (χ2v) is 3.77. The maximum Gasteiger partial charge on any atom is 0.162 e. The number of hydrazine groups is 1. The topological polar surface area (TPSA) is 63.8 Å². The Kier molecular flexibility index (Phi) is 3.91. The summed E-state index contributed by atoms with van der Waals surface area (Å²) in [6, 6.07) is 5.32. The van der Waals surface area contributed by atoms with E-state index in [2.05, 4.69) is 15.4 Å². The first kappa shape index (κ1) is 12.5. The van der Waals surface area contributed by atoms with Crippen molar-refractivity contribution in [1.82, 2.24) is 15.4 Å². The second kappa shape index (κ2) is 5.61. The normalized spacial score (nSPS) is 12.4. The number of nitrogens with one attached hydrogen (secondary N) is 1. The highest BCUT2D eigenvalue weighted by Gasteiger charge is 2.15. The summed E-state index contributed by atoms with van der Waals surface area (Å²) in [5.41, 5.74) is 3.40. The first-order valence-electron chi connectivity index (χ1n) is 5.37. The summed E-state index contributed by atoms with van der Waals surface area (Å²) in [6.45, 7) is 0. The molecule has 0 bridgehead atoms. The molecule has 0 radical (unpaired) electrons. The smallest absolute Gasteiger partial charge is 0.162 e. The summed E-state index contributed by atoms with van der Waals surface area (Å²) in [6.07, 6.45) is 3.15. The maximum absolute atomic E-state index is 13.5. The molecule has 1 atom stereocenters. The number of hydrogen-bond acceptors (Lipinski definition) is 4.